The number of hydrogen-bond acceptors (Lipinski definition) is 5. The van der Waals surface area contributed by atoms with Crippen LogP contribution in [0.4, 0.5) is 0 Å². The number of fused-ring (bicyclic) bond motifs is 1. The zero-order valence-corrected chi connectivity index (χ0v) is 10.3. The van der Waals surface area contributed by atoms with Crippen LogP contribution in [-0.4, -0.2) is 55.9 Å². The minimum absolute atomic E-state index is 0.0104. The molecule has 1 fully saturated rings. The summed E-state index contributed by atoms with van der Waals surface area (Å²) in [6.45, 7) is 1.77. The van der Waals surface area contributed by atoms with Crippen molar-refractivity contribution >= 4 is 11.0 Å². The largest absolute Gasteiger partial charge is 0.396 e. The molecule has 0 aliphatic carbocycles. The van der Waals surface area contributed by atoms with Crippen LogP contribution in [0.3, 0.4) is 0 Å². The molecule has 7 heteroatoms. The predicted octanol–water partition coefficient (Wildman–Crippen LogP) is -0.964. The second-order valence-corrected chi connectivity index (χ2v) is 4.97. The summed E-state index contributed by atoms with van der Waals surface area (Å²) in [7, 11) is 0. The molecule has 0 spiro atoms. The molecule has 4 N–H and O–H groups in total. The molecule has 0 saturated carbocycles. The van der Waals surface area contributed by atoms with Crippen molar-refractivity contribution in [3.05, 3.63) is 28.4 Å². The molecule has 0 aromatic carbocycles. The van der Waals surface area contributed by atoms with Crippen molar-refractivity contribution in [2.75, 3.05) is 19.7 Å². The number of nitrogens with zero attached hydrogens (tertiary/aromatic N) is 2. The SMILES string of the molecule is O=c1[nH]cnc2c(CN3CC(O)[C@@H](CO)C3)c[nH]c12. The number of aromatic amines is 2. The molecule has 3 rings (SSSR count). The summed E-state index contributed by atoms with van der Waals surface area (Å²) in [6, 6.07) is 0. The molecule has 2 atom stereocenters. The number of β-amino-alcohol motifs (C(OH)–C–C–N with tert-alkyl or cyclic N) is 1. The number of aromatic nitrogens is 3. The summed E-state index contributed by atoms with van der Waals surface area (Å²) in [5.41, 5.74) is 1.86. The van der Waals surface area contributed by atoms with Crippen molar-refractivity contribution in [2.24, 2.45) is 5.92 Å². The highest BCUT2D eigenvalue weighted by molar-refractivity contribution is 5.77. The third-order valence-electron chi connectivity index (χ3n) is 3.66. The van der Waals surface area contributed by atoms with Gasteiger partial charge in [0.15, 0.2) is 0 Å². The van der Waals surface area contributed by atoms with E-state index in [1.165, 1.54) is 6.33 Å². The maximum Gasteiger partial charge on any atom is 0.275 e. The maximum absolute atomic E-state index is 11.6. The zero-order chi connectivity index (χ0) is 13.4. The van der Waals surface area contributed by atoms with Crippen LogP contribution in [0, 0.1) is 5.92 Å². The second-order valence-electron chi connectivity index (χ2n) is 4.97. The predicted molar refractivity (Wildman–Crippen MR) is 68.6 cm³/mol. The average molecular weight is 264 g/mol. The molecule has 1 aliphatic rings. The zero-order valence-electron chi connectivity index (χ0n) is 10.3. The quantitative estimate of drug-likeness (QED) is 0.571. The summed E-state index contributed by atoms with van der Waals surface area (Å²) in [6.07, 6.45) is 2.66. The normalized spacial score (nSPS) is 24.3. The smallest absolute Gasteiger partial charge is 0.275 e. The third kappa shape index (κ3) is 2.16. The molecule has 1 saturated heterocycles. The van der Waals surface area contributed by atoms with Crippen molar-refractivity contribution in [1.82, 2.24) is 19.9 Å². The number of aliphatic hydroxyl groups excluding tert-OH is 2. The lowest BCUT2D eigenvalue weighted by molar-refractivity contribution is 0.103. The molecule has 0 amide bonds. The number of aliphatic hydroxyl groups is 2. The number of hydrogen-bond donors (Lipinski definition) is 4. The van der Waals surface area contributed by atoms with Crippen LogP contribution < -0.4 is 5.56 Å². The van der Waals surface area contributed by atoms with E-state index in [1.54, 1.807) is 6.20 Å². The van der Waals surface area contributed by atoms with Crippen LogP contribution in [0.2, 0.25) is 0 Å². The van der Waals surface area contributed by atoms with Gasteiger partial charge in [0, 0.05) is 43.9 Å². The number of likely N-dealkylation sites (tertiary alicyclic amines) is 1. The van der Waals surface area contributed by atoms with E-state index in [-0.39, 0.29) is 18.1 Å². The Balaban J connectivity index is 1.83. The van der Waals surface area contributed by atoms with Crippen molar-refractivity contribution in [1.29, 1.82) is 0 Å². The summed E-state index contributed by atoms with van der Waals surface area (Å²) < 4.78 is 0. The molecular formula is C12H16N4O3. The molecule has 2 aromatic heterocycles. The van der Waals surface area contributed by atoms with Crippen LogP contribution in [0.15, 0.2) is 17.3 Å². The van der Waals surface area contributed by atoms with E-state index in [9.17, 15) is 9.90 Å². The van der Waals surface area contributed by atoms with Crippen LogP contribution in [-0.2, 0) is 6.54 Å². The molecule has 1 aliphatic heterocycles. The summed E-state index contributed by atoms with van der Waals surface area (Å²) >= 11 is 0. The molecule has 19 heavy (non-hydrogen) atoms. The monoisotopic (exact) mass is 264 g/mol. The Morgan fingerprint density at radius 3 is 3.00 bits per heavy atom. The Bertz CT molecular complexity index is 635. The van der Waals surface area contributed by atoms with Gasteiger partial charge < -0.3 is 20.2 Å². The Morgan fingerprint density at radius 2 is 2.26 bits per heavy atom. The van der Waals surface area contributed by atoms with Gasteiger partial charge in [-0.1, -0.05) is 0 Å². The number of rotatable bonds is 3. The fourth-order valence-corrected chi connectivity index (χ4v) is 2.62. The van der Waals surface area contributed by atoms with Gasteiger partial charge in [-0.15, -0.1) is 0 Å². The second kappa shape index (κ2) is 4.76. The van der Waals surface area contributed by atoms with Crippen LogP contribution >= 0.6 is 0 Å². The van der Waals surface area contributed by atoms with E-state index >= 15 is 0 Å². The lowest BCUT2D eigenvalue weighted by Gasteiger charge is -2.13. The van der Waals surface area contributed by atoms with Crippen LogP contribution in [0.25, 0.3) is 11.0 Å². The number of nitrogens with one attached hydrogen (secondary N) is 2. The topological polar surface area (TPSA) is 105 Å². The Hall–Kier alpha value is -1.70. The van der Waals surface area contributed by atoms with Gasteiger partial charge in [0.1, 0.15) is 5.52 Å². The summed E-state index contributed by atoms with van der Waals surface area (Å²) in [4.78, 5) is 23.2. The van der Waals surface area contributed by atoms with Gasteiger partial charge in [-0.3, -0.25) is 9.69 Å². The first-order valence-electron chi connectivity index (χ1n) is 6.24. The molecule has 2 aromatic rings. The van der Waals surface area contributed by atoms with Gasteiger partial charge in [0.2, 0.25) is 0 Å². The van der Waals surface area contributed by atoms with Gasteiger partial charge in [-0.2, -0.15) is 0 Å². The Labute approximate surface area is 108 Å². The molecule has 3 heterocycles. The van der Waals surface area contributed by atoms with E-state index in [4.69, 9.17) is 5.11 Å². The standard InChI is InChI=1S/C12H16N4O3/c17-5-8-3-16(4-9(8)18)2-7-1-13-11-10(7)14-6-15-12(11)19/h1,6,8-9,13,17-18H,2-5H2,(H,14,15,19)/t8-,9?/m1/s1. The first-order valence-corrected chi connectivity index (χ1v) is 6.24. The van der Waals surface area contributed by atoms with Gasteiger partial charge in [-0.25, -0.2) is 4.98 Å². The van der Waals surface area contributed by atoms with Crippen molar-refractivity contribution < 1.29 is 10.2 Å². The minimum atomic E-state index is -0.494. The third-order valence-corrected chi connectivity index (χ3v) is 3.66. The van der Waals surface area contributed by atoms with E-state index in [0.29, 0.717) is 30.7 Å². The highest BCUT2D eigenvalue weighted by Gasteiger charge is 2.30. The highest BCUT2D eigenvalue weighted by atomic mass is 16.3. The average Bonchev–Trinajstić information content (AvgIpc) is 2.95. The fraction of sp³-hybridized carbons (Fsp3) is 0.500. The summed E-state index contributed by atoms with van der Waals surface area (Å²) in [5.74, 6) is -0.0958. The summed E-state index contributed by atoms with van der Waals surface area (Å²) in [5, 5.41) is 18.9. The number of H-pyrrole nitrogens is 2. The van der Waals surface area contributed by atoms with Gasteiger partial charge in [0.05, 0.1) is 17.9 Å². The lowest BCUT2D eigenvalue weighted by atomic mass is 10.1. The van der Waals surface area contributed by atoms with Crippen LogP contribution in [0.1, 0.15) is 5.56 Å². The first-order chi connectivity index (χ1) is 9.19. The van der Waals surface area contributed by atoms with Crippen molar-refractivity contribution in [2.45, 2.75) is 12.6 Å². The van der Waals surface area contributed by atoms with Gasteiger partial charge in [0.25, 0.3) is 5.56 Å². The van der Waals surface area contributed by atoms with E-state index < -0.39 is 6.10 Å². The Morgan fingerprint density at radius 1 is 1.42 bits per heavy atom. The van der Waals surface area contributed by atoms with Crippen molar-refractivity contribution in [3.63, 3.8) is 0 Å². The highest BCUT2D eigenvalue weighted by Crippen LogP contribution is 2.21. The van der Waals surface area contributed by atoms with Gasteiger partial charge >= 0.3 is 0 Å². The van der Waals surface area contributed by atoms with E-state index in [1.807, 2.05) is 0 Å². The molecule has 0 bridgehead atoms. The lowest BCUT2D eigenvalue weighted by Crippen LogP contribution is -2.21. The molecule has 7 nitrogen and oxygen atoms in total. The minimum Gasteiger partial charge on any atom is -0.396 e. The van der Waals surface area contributed by atoms with Crippen LogP contribution in [0.5, 0.6) is 0 Å². The molecule has 102 valence electrons. The molecule has 0 radical (unpaired) electrons. The molecule has 1 unspecified atom stereocenters. The van der Waals surface area contributed by atoms with E-state index in [0.717, 1.165) is 5.56 Å². The fourth-order valence-electron chi connectivity index (χ4n) is 2.62. The van der Waals surface area contributed by atoms with E-state index in [2.05, 4.69) is 19.9 Å². The van der Waals surface area contributed by atoms with Crippen molar-refractivity contribution in [3.8, 4) is 0 Å². The Kier molecular flexibility index (Phi) is 3.09. The van der Waals surface area contributed by atoms with Gasteiger partial charge in [-0.05, 0) is 0 Å². The first kappa shape index (κ1) is 12.3. The molecular weight excluding hydrogens is 248 g/mol. The maximum atomic E-state index is 11.6.